The second kappa shape index (κ2) is 6.39. The molecule has 0 heterocycles. The van der Waals surface area contributed by atoms with Crippen LogP contribution >= 0.6 is 0 Å². The highest BCUT2D eigenvalue weighted by Crippen LogP contribution is 2.22. The van der Waals surface area contributed by atoms with Crippen molar-refractivity contribution >= 4 is 22.4 Å². The molecular weight excluding hydrogens is 254 g/mol. The van der Waals surface area contributed by atoms with Gasteiger partial charge in [-0.2, -0.15) is 0 Å². The van der Waals surface area contributed by atoms with Gasteiger partial charge < -0.3 is 15.2 Å². The lowest BCUT2D eigenvalue weighted by Crippen LogP contribution is -2.21. The van der Waals surface area contributed by atoms with E-state index in [1.54, 1.807) is 19.1 Å². The molecule has 0 saturated carbocycles. The summed E-state index contributed by atoms with van der Waals surface area (Å²) in [7, 11) is 0. The van der Waals surface area contributed by atoms with Gasteiger partial charge in [-0.05, 0) is 36.8 Å². The monoisotopic (exact) mass is 273 g/mol. The van der Waals surface area contributed by atoms with Crippen molar-refractivity contribution in [1.29, 1.82) is 0 Å². The summed E-state index contributed by atoms with van der Waals surface area (Å²) in [5.41, 5.74) is 6.75. The normalized spacial score (nSPS) is 12.3. The van der Waals surface area contributed by atoms with Gasteiger partial charge in [-0.3, -0.25) is 0 Å². The van der Waals surface area contributed by atoms with Crippen LogP contribution in [0.5, 0.6) is 0 Å². The molecule has 2 rings (SSSR count). The molecule has 0 aliphatic heterocycles. The van der Waals surface area contributed by atoms with E-state index in [4.69, 9.17) is 15.2 Å². The SMILES string of the molecule is CCOCC(C)OC(=O)c1cc2ccccc2cc1N. The molecule has 0 bridgehead atoms. The number of benzene rings is 2. The lowest BCUT2D eigenvalue weighted by molar-refractivity contribution is 0.00451. The number of carbonyl (C=O) groups is 1. The first kappa shape index (κ1) is 14.3. The molecule has 2 aromatic carbocycles. The fourth-order valence-corrected chi connectivity index (χ4v) is 2.00. The van der Waals surface area contributed by atoms with Crippen LogP contribution in [0.25, 0.3) is 10.8 Å². The first-order valence-electron chi connectivity index (χ1n) is 6.68. The van der Waals surface area contributed by atoms with Crippen molar-refractivity contribution in [3.8, 4) is 0 Å². The minimum absolute atomic E-state index is 0.298. The fourth-order valence-electron chi connectivity index (χ4n) is 2.00. The maximum atomic E-state index is 12.1. The van der Waals surface area contributed by atoms with E-state index in [1.165, 1.54) is 0 Å². The van der Waals surface area contributed by atoms with Crippen LogP contribution in [0.4, 0.5) is 5.69 Å². The first-order chi connectivity index (χ1) is 9.61. The topological polar surface area (TPSA) is 61.5 Å². The van der Waals surface area contributed by atoms with Crippen molar-refractivity contribution in [2.45, 2.75) is 20.0 Å². The standard InChI is InChI=1S/C16H19NO3/c1-3-19-10-11(2)20-16(18)14-8-12-6-4-5-7-13(12)9-15(14)17/h4-9,11H,3,10,17H2,1-2H3. The second-order valence-corrected chi connectivity index (χ2v) is 4.66. The third kappa shape index (κ3) is 3.27. The molecule has 4 heteroatoms. The van der Waals surface area contributed by atoms with E-state index in [9.17, 15) is 4.79 Å². The Hall–Kier alpha value is -2.07. The number of carbonyl (C=O) groups excluding carboxylic acids is 1. The zero-order chi connectivity index (χ0) is 14.5. The molecule has 106 valence electrons. The van der Waals surface area contributed by atoms with Crippen LogP contribution in [0, 0.1) is 0 Å². The first-order valence-corrected chi connectivity index (χ1v) is 6.68. The Labute approximate surface area is 118 Å². The number of fused-ring (bicyclic) bond motifs is 1. The summed E-state index contributed by atoms with van der Waals surface area (Å²) >= 11 is 0. The van der Waals surface area contributed by atoms with E-state index in [0.29, 0.717) is 24.5 Å². The van der Waals surface area contributed by atoms with E-state index >= 15 is 0 Å². The summed E-state index contributed by atoms with van der Waals surface area (Å²) in [6.07, 6.45) is -0.298. The molecule has 0 aliphatic carbocycles. The van der Waals surface area contributed by atoms with E-state index in [1.807, 2.05) is 31.2 Å². The summed E-state index contributed by atoms with van der Waals surface area (Å²) in [4.78, 5) is 12.1. The van der Waals surface area contributed by atoms with Gasteiger partial charge in [-0.15, -0.1) is 0 Å². The number of hydrogen-bond acceptors (Lipinski definition) is 4. The van der Waals surface area contributed by atoms with E-state index in [-0.39, 0.29) is 6.10 Å². The largest absolute Gasteiger partial charge is 0.457 e. The Balaban J connectivity index is 2.19. The number of ether oxygens (including phenoxy) is 2. The van der Waals surface area contributed by atoms with Crippen molar-refractivity contribution in [3.63, 3.8) is 0 Å². The molecule has 1 unspecified atom stereocenters. The second-order valence-electron chi connectivity index (χ2n) is 4.66. The molecule has 0 aromatic heterocycles. The number of hydrogen-bond donors (Lipinski definition) is 1. The predicted molar refractivity (Wildman–Crippen MR) is 79.7 cm³/mol. The summed E-state index contributed by atoms with van der Waals surface area (Å²) in [5.74, 6) is -0.416. The number of anilines is 1. The molecule has 0 spiro atoms. The summed E-state index contributed by atoms with van der Waals surface area (Å²) in [6.45, 7) is 4.68. The molecule has 0 saturated heterocycles. The van der Waals surface area contributed by atoms with Crippen molar-refractivity contribution in [1.82, 2.24) is 0 Å². The highest BCUT2D eigenvalue weighted by atomic mass is 16.6. The number of nitrogen functional groups attached to an aromatic ring is 1. The molecule has 0 radical (unpaired) electrons. The molecule has 2 aromatic rings. The molecular formula is C16H19NO3. The zero-order valence-electron chi connectivity index (χ0n) is 11.8. The molecule has 0 aliphatic rings. The molecule has 4 nitrogen and oxygen atoms in total. The van der Waals surface area contributed by atoms with Crippen molar-refractivity contribution in [2.75, 3.05) is 18.9 Å². The van der Waals surface area contributed by atoms with Gasteiger partial charge in [0.2, 0.25) is 0 Å². The minimum Gasteiger partial charge on any atom is -0.457 e. The van der Waals surface area contributed by atoms with Crippen LogP contribution in [-0.4, -0.2) is 25.3 Å². The van der Waals surface area contributed by atoms with E-state index in [0.717, 1.165) is 10.8 Å². The van der Waals surface area contributed by atoms with Crippen LogP contribution < -0.4 is 5.73 Å². The van der Waals surface area contributed by atoms with Gasteiger partial charge in [0, 0.05) is 12.3 Å². The number of nitrogens with two attached hydrogens (primary N) is 1. The summed E-state index contributed by atoms with van der Waals surface area (Å²) < 4.78 is 10.5. The van der Waals surface area contributed by atoms with Crippen LogP contribution in [0.3, 0.4) is 0 Å². The van der Waals surface area contributed by atoms with Gasteiger partial charge in [0.25, 0.3) is 0 Å². The van der Waals surface area contributed by atoms with Crippen LogP contribution in [0.15, 0.2) is 36.4 Å². The average molecular weight is 273 g/mol. The highest BCUT2D eigenvalue weighted by Gasteiger charge is 2.15. The van der Waals surface area contributed by atoms with Gasteiger partial charge in [-0.25, -0.2) is 4.79 Å². The summed E-state index contributed by atoms with van der Waals surface area (Å²) in [5, 5.41) is 1.97. The fraction of sp³-hybridized carbons (Fsp3) is 0.312. The zero-order valence-corrected chi connectivity index (χ0v) is 11.8. The van der Waals surface area contributed by atoms with E-state index < -0.39 is 5.97 Å². The van der Waals surface area contributed by atoms with Crippen LogP contribution in [-0.2, 0) is 9.47 Å². The quantitative estimate of drug-likeness (QED) is 0.672. The Morgan fingerprint density at radius 2 is 1.90 bits per heavy atom. The van der Waals surface area contributed by atoms with Crippen LogP contribution in [0.2, 0.25) is 0 Å². The third-order valence-corrected chi connectivity index (χ3v) is 3.00. The van der Waals surface area contributed by atoms with Gasteiger partial charge >= 0.3 is 5.97 Å². The van der Waals surface area contributed by atoms with Crippen molar-refractivity contribution in [3.05, 3.63) is 42.0 Å². The maximum absolute atomic E-state index is 12.1. The van der Waals surface area contributed by atoms with Crippen molar-refractivity contribution in [2.24, 2.45) is 0 Å². The molecule has 0 amide bonds. The summed E-state index contributed by atoms with van der Waals surface area (Å²) in [6, 6.07) is 11.3. The lowest BCUT2D eigenvalue weighted by Gasteiger charge is -2.14. The lowest BCUT2D eigenvalue weighted by atomic mass is 10.1. The third-order valence-electron chi connectivity index (χ3n) is 3.00. The minimum atomic E-state index is -0.416. The number of rotatable bonds is 5. The Kier molecular flexibility index (Phi) is 4.58. The predicted octanol–water partition coefficient (Wildman–Crippen LogP) is 3.00. The molecule has 0 fully saturated rings. The Morgan fingerprint density at radius 3 is 2.55 bits per heavy atom. The Morgan fingerprint density at radius 1 is 1.25 bits per heavy atom. The van der Waals surface area contributed by atoms with Gasteiger partial charge in [-0.1, -0.05) is 24.3 Å². The van der Waals surface area contributed by atoms with Crippen LogP contribution in [0.1, 0.15) is 24.2 Å². The van der Waals surface area contributed by atoms with E-state index in [2.05, 4.69) is 0 Å². The average Bonchev–Trinajstić information content (AvgIpc) is 2.44. The maximum Gasteiger partial charge on any atom is 0.340 e. The van der Waals surface area contributed by atoms with Crippen molar-refractivity contribution < 1.29 is 14.3 Å². The van der Waals surface area contributed by atoms with Gasteiger partial charge in [0.05, 0.1) is 12.2 Å². The molecule has 1 atom stereocenters. The molecule has 20 heavy (non-hydrogen) atoms. The smallest absolute Gasteiger partial charge is 0.340 e. The van der Waals surface area contributed by atoms with Gasteiger partial charge in [0.1, 0.15) is 6.10 Å². The highest BCUT2D eigenvalue weighted by molar-refractivity contribution is 6.01. The molecule has 2 N–H and O–H groups in total. The number of esters is 1. The Bertz CT molecular complexity index is 610. The van der Waals surface area contributed by atoms with Gasteiger partial charge in [0.15, 0.2) is 0 Å².